The summed E-state index contributed by atoms with van der Waals surface area (Å²) in [5, 5.41) is 18.8. The van der Waals surface area contributed by atoms with Gasteiger partial charge >= 0.3 is 0 Å². The van der Waals surface area contributed by atoms with Crippen LogP contribution in [0.3, 0.4) is 0 Å². The van der Waals surface area contributed by atoms with E-state index in [1.165, 1.54) is 0 Å². The second kappa shape index (κ2) is 8.00. The Bertz CT molecular complexity index is 837. The van der Waals surface area contributed by atoms with E-state index >= 15 is 0 Å². The lowest BCUT2D eigenvalue weighted by molar-refractivity contribution is -0.118. The lowest BCUT2D eigenvalue weighted by atomic mass is 10.0. The van der Waals surface area contributed by atoms with Crippen LogP contribution in [0.5, 0.6) is 0 Å². The molecule has 120 valence electrons. The number of carbonyl (C=O) groups is 1. The van der Waals surface area contributed by atoms with Gasteiger partial charge in [0.2, 0.25) is 5.91 Å². The first-order valence-electron chi connectivity index (χ1n) is 7.22. The molecular weight excluding hydrogens is 322 g/mol. The van der Waals surface area contributed by atoms with Gasteiger partial charge in [0.15, 0.2) is 0 Å². The Kier molecular flexibility index (Phi) is 5.78. The molecule has 0 spiro atoms. The molecule has 0 fully saturated rings. The molecule has 6 nitrogen and oxygen atoms in total. The van der Waals surface area contributed by atoms with Crippen molar-refractivity contribution in [1.82, 2.24) is 9.71 Å². The molecule has 0 atom stereocenters. The topological polar surface area (TPSA) is 116 Å². The van der Waals surface area contributed by atoms with E-state index in [1.807, 2.05) is 49.4 Å². The standard InChI is InChI=1S/C17H15N5OS/c1-2-12-13(9-18)16(20)21-17(14(12)10-19)24-22-15(23)8-11-6-4-3-5-7-11/h3-7H,2,8H2,1H3,(H2,20,21)(H,22,23). The SMILES string of the molecule is CCc1c(C#N)c(N)nc(SNC(=O)Cc2ccccc2)c1C#N. The number of nitrogens with one attached hydrogen (secondary N) is 1. The number of hydrogen-bond donors (Lipinski definition) is 2. The highest BCUT2D eigenvalue weighted by Gasteiger charge is 2.18. The van der Waals surface area contributed by atoms with Gasteiger partial charge in [-0.3, -0.25) is 9.52 Å². The molecule has 0 aliphatic carbocycles. The Morgan fingerprint density at radius 3 is 2.50 bits per heavy atom. The van der Waals surface area contributed by atoms with Crippen molar-refractivity contribution >= 4 is 23.7 Å². The lowest BCUT2D eigenvalue weighted by Gasteiger charge is -2.11. The van der Waals surface area contributed by atoms with Gasteiger partial charge in [0.05, 0.1) is 17.5 Å². The van der Waals surface area contributed by atoms with Crippen LogP contribution in [0.4, 0.5) is 5.82 Å². The predicted octanol–water partition coefficient (Wildman–Crippen LogP) is 2.34. The van der Waals surface area contributed by atoms with Crippen LogP contribution in [-0.2, 0) is 17.6 Å². The first-order valence-corrected chi connectivity index (χ1v) is 8.04. The Morgan fingerprint density at radius 2 is 1.92 bits per heavy atom. The summed E-state index contributed by atoms with van der Waals surface area (Å²) >= 11 is 0.939. The molecule has 0 radical (unpaired) electrons. The van der Waals surface area contributed by atoms with Gasteiger partial charge in [0, 0.05) is 11.9 Å². The monoisotopic (exact) mass is 337 g/mol. The molecule has 0 saturated carbocycles. The number of nitriles is 2. The number of aromatic nitrogens is 1. The predicted molar refractivity (Wildman–Crippen MR) is 91.6 cm³/mol. The van der Waals surface area contributed by atoms with Gasteiger partial charge < -0.3 is 5.73 Å². The first kappa shape index (κ1) is 17.3. The minimum atomic E-state index is -0.210. The zero-order valence-electron chi connectivity index (χ0n) is 13.0. The summed E-state index contributed by atoms with van der Waals surface area (Å²) in [6.07, 6.45) is 0.701. The van der Waals surface area contributed by atoms with E-state index in [9.17, 15) is 10.1 Å². The van der Waals surface area contributed by atoms with E-state index in [0.717, 1.165) is 17.5 Å². The second-order valence-corrected chi connectivity index (χ2v) is 5.69. The number of nitrogens with zero attached hydrogens (tertiary/aromatic N) is 3. The van der Waals surface area contributed by atoms with Gasteiger partial charge in [-0.25, -0.2) is 4.98 Å². The van der Waals surface area contributed by atoms with Gasteiger partial charge in [-0.2, -0.15) is 10.5 Å². The molecule has 0 unspecified atom stereocenters. The van der Waals surface area contributed by atoms with Gasteiger partial charge in [-0.15, -0.1) is 0 Å². The summed E-state index contributed by atoms with van der Waals surface area (Å²) in [5.41, 5.74) is 7.72. The number of amides is 1. The van der Waals surface area contributed by atoms with Crippen LogP contribution in [0, 0.1) is 22.7 Å². The number of benzene rings is 1. The number of pyridine rings is 1. The van der Waals surface area contributed by atoms with Gasteiger partial charge in [-0.1, -0.05) is 37.3 Å². The summed E-state index contributed by atoms with van der Waals surface area (Å²) in [7, 11) is 0. The van der Waals surface area contributed by atoms with E-state index in [4.69, 9.17) is 11.0 Å². The van der Waals surface area contributed by atoms with E-state index in [0.29, 0.717) is 17.0 Å². The summed E-state index contributed by atoms with van der Waals surface area (Å²) in [6.45, 7) is 1.83. The van der Waals surface area contributed by atoms with E-state index in [2.05, 4.69) is 9.71 Å². The Hall–Kier alpha value is -3.03. The smallest absolute Gasteiger partial charge is 0.234 e. The highest BCUT2D eigenvalue weighted by molar-refractivity contribution is 7.97. The normalized spacial score (nSPS) is 9.79. The highest BCUT2D eigenvalue weighted by Crippen LogP contribution is 2.27. The van der Waals surface area contributed by atoms with Crippen LogP contribution < -0.4 is 10.5 Å². The maximum atomic E-state index is 12.0. The Balaban J connectivity index is 2.18. The third-order valence-electron chi connectivity index (χ3n) is 3.34. The van der Waals surface area contributed by atoms with Crippen LogP contribution in [0.1, 0.15) is 29.2 Å². The number of nitrogens with two attached hydrogens (primary N) is 1. The minimum Gasteiger partial charge on any atom is -0.383 e. The minimum absolute atomic E-state index is 0.0631. The molecule has 1 aromatic heterocycles. The van der Waals surface area contributed by atoms with Crippen molar-refractivity contribution in [1.29, 1.82) is 10.5 Å². The number of anilines is 1. The molecule has 2 rings (SSSR count). The van der Waals surface area contributed by atoms with Gasteiger partial charge in [-0.05, 0) is 17.5 Å². The largest absolute Gasteiger partial charge is 0.383 e. The third-order valence-corrected chi connectivity index (χ3v) is 4.16. The van der Waals surface area contributed by atoms with E-state index < -0.39 is 0 Å². The molecule has 1 amide bonds. The average Bonchev–Trinajstić information content (AvgIpc) is 2.60. The third kappa shape index (κ3) is 3.83. The highest BCUT2D eigenvalue weighted by atomic mass is 32.2. The van der Waals surface area contributed by atoms with Crippen LogP contribution in [0.15, 0.2) is 35.4 Å². The fraction of sp³-hybridized carbons (Fsp3) is 0.176. The molecule has 7 heteroatoms. The molecule has 0 saturated heterocycles. The van der Waals surface area contributed by atoms with Crippen molar-refractivity contribution in [2.75, 3.05) is 5.73 Å². The van der Waals surface area contributed by atoms with Crippen LogP contribution in [-0.4, -0.2) is 10.9 Å². The van der Waals surface area contributed by atoms with Crippen LogP contribution >= 0.6 is 11.9 Å². The number of hydrogen-bond acceptors (Lipinski definition) is 6. The fourth-order valence-electron chi connectivity index (χ4n) is 2.22. The number of carbonyl (C=O) groups excluding carboxylic acids is 1. The van der Waals surface area contributed by atoms with E-state index in [-0.39, 0.29) is 29.3 Å². The molecule has 24 heavy (non-hydrogen) atoms. The average molecular weight is 337 g/mol. The molecule has 0 aliphatic rings. The van der Waals surface area contributed by atoms with Gasteiger partial charge in [0.1, 0.15) is 23.0 Å². The van der Waals surface area contributed by atoms with Crippen LogP contribution in [0.25, 0.3) is 0 Å². The van der Waals surface area contributed by atoms with Crippen molar-refractivity contribution < 1.29 is 4.79 Å². The molecule has 0 bridgehead atoms. The fourth-order valence-corrected chi connectivity index (χ4v) is 2.92. The molecule has 1 heterocycles. The Labute approximate surface area is 144 Å². The summed E-state index contributed by atoms with van der Waals surface area (Å²) in [6, 6.07) is 13.3. The maximum Gasteiger partial charge on any atom is 0.234 e. The zero-order chi connectivity index (χ0) is 17.5. The van der Waals surface area contributed by atoms with Crippen molar-refractivity contribution in [3.05, 3.63) is 52.6 Å². The Morgan fingerprint density at radius 1 is 1.25 bits per heavy atom. The van der Waals surface area contributed by atoms with Crippen LogP contribution in [0.2, 0.25) is 0 Å². The maximum absolute atomic E-state index is 12.0. The summed E-state index contributed by atoms with van der Waals surface area (Å²) in [4.78, 5) is 16.1. The number of nitrogen functional groups attached to an aromatic ring is 1. The first-order chi connectivity index (χ1) is 11.6. The second-order valence-electron chi connectivity index (χ2n) is 4.90. The van der Waals surface area contributed by atoms with Gasteiger partial charge in [0.25, 0.3) is 0 Å². The molecule has 0 aliphatic heterocycles. The molecular formula is C17H15N5OS. The molecule has 1 aromatic carbocycles. The molecule has 2 aromatic rings. The van der Waals surface area contributed by atoms with Crippen molar-refractivity contribution in [3.8, 4) is 12.1 Å². The van der Waals surface area contributed by atoms with E-state index in [1.54, 1.807) is 0 Å². The number of rotatable bonds is 5. The van der Waals surface area contributed by atoms with Crippen molar-refractivity contribution in [2.45, 2.75) is 24.8 Å². The summed E-state index contributed by atoms with van der Waals surface area (Å²) in [5.74, 6) is -0.147. The van der Waals surface area contributed by atoms with Crippen molar-refractivity contribution in [2.24, 2.45) is 0 Å². The van der Waals surface area contributed by atoms with Crippen molar-refractivity contribution in [3.63, 3.8) is 0 Å². The summed E-state index contributed by atoms with van der Waals surface area (Å²) < 4.78 is 2.66. The lowest BCUT2D eigenvalue weighted by Crippen LogP contribution is -2.19. The quantitative estimate of drug-likeness (QED) is 0.809. The zero-order valence-corrected chi connectivity index (χ0v) is 13.9. The molecule has 3 N–H and O–H groups in total.